The molecule has 0 bridgehead atoms. The zero-order valence-electron chi connectivity index (χ0n) is 10.6. The Morgan fingerprint density at radius 1 is 1.32 bits per heavy atom. The molecule has 104 valence electrons. The SMILES string of the molecule is O=C(O)C(CCc1cc(F)ccc1F)N1CCCC1. The summed E-state index contributed by atoms with van der Waals surface area (Å²) in [5.41, 5.74) is 0.241. The first kappa shape index (κ1) is 13.9. The van der Waals surface area contributed by atoms with Gasteiger partial charge in [-0.05, 0) is 62.5 Å². The summed E-state index contributed by atoms with van der Waals surface area (Å²) in [5.74, 6) is -1.87. The number of nitrogens with zero attached hydrogens (tertiary/aromatic N) is 1. The van der Waals surface area contributed by atoms with E-state index in [-0.39, 0.29) is 12.0 Å². The van der Waals surface area contributed by atoms with Crippen LogP contribution < -0.4 is 0 Å². The van der Waals surface area contributed by atoms with Crippen LogP contribution in [0.4, 0.5) is 8.78 Å². The van der Waals surface area contributed by atoms with Gasteiger partial charge in [0.25, 0.3) is 0 Å². The third-order valence-corrected chi connectivity index (χ3v) is 3.56. The average molecular weight is 269 g/mol. The van der Waals surface area contributed by atoms with Gasteiger partial charge in [-0.3, -0.25) is 9.69 Å². The Bertz CT molecular complexity index is 459. The average Bonchev–Trinajstić information content (AvgIpc) is 2.87. The van der Waals surface area contributed by atoms with Gasteiger partial charge in [0.2, 0.25) is 0 Å². The first-order valence-corrected chi connectivity index (χ1v) is 6.48. The largest absolute Gasteiger partial charge is 0.480 e. The van der Waals surface area contributed by atoms with Crippen LogP contribution in [0.5, 0.6) is 0 Å². The molecule has 0 radical (unpaired) electrons. The van der Waals surface area contributed by atoms with Crippen LogP contribution in [0.15, 0.2) is 18.2 Å². The summed E-state index contributed by atoms with van der Waals surface area (Å²) in [6.45, 7) is 1.53. The number of carboxylic acids is 1. The molecule has 1 aliphatic rings. The summed E-state index contributed by atoms with van der Waals surface area (Å²) in [6.07, 6.45) is 2.53. The number of carboxylic acid groups (broad SMARTS) is 1. The molecule has 0 amide bonds. The third-order valence-electron chi connectivity index (χ3n) is 3.56. The lowest BCUT2D eigenvalue weighted by Crippen LogP contribution is -2.39. The molecule has 0 aromatic heterocycles. The zero-order valence-corrected chi connectivity index (χ0v) is 10.6. The van der Waals surface area contributed by atoms with Gasteiger partial charge in [-0.2, -0.15) is 0 Å². The molecule has 19 heavy (non-hydrogen) atoms. The number of aliphatic carboxylic acids is 1. The van der Waals surface area contributed by atoms with E-state index in [1.54, 1.807) is 0 Å². The summed E-state index contributed by atoms with van der Waals surface area (Å²) in [6, 6.07) is 2.67. The number of hydrogen-bond donors (Lipinski definition) is 1. The van der Waals surface area contributed by atoms with Crippen LogP contribution in [0.1, 0.15) is 24.8 Å². The Morgan fingerprint density at radius 2 is 2.00 bits per heavy atom. The van der Waals surface area contributed by atoms with E-state index in [0.717, 1.165) is 44.1 Å². The van der Waals surface area contributed by atoms with Gasteiger partial charge in [-0.1, -0.05) is 0 Å². The Hall–Kier alpha value is -1.49. The van der Waals surface area contributed by atoms with E-state index in [0.29, 0.717) is 6.42 Å². The Kier molecular flexibility index (Phi) is 4.47. The van der Waals surface area contributed by atoms with Crippen LogP contribution >= 0.6 is 0 Å². The fourth-order valence-electron chi connectivity index (χ4n) is 2.54. The normalized spacial score (nSPS) is 17.6. The fraction of sp³-hybridized carbons (Fsp3) is 0.500. The number of carbonyl (C=O) groups is 1. The molecule has 1 unspecified atom stereocenters. The van der Waals surface area contributed by atoms with Gasteiger partial charge in [-0.25, -0.2) is 8.78 Å². The number of aryl methyl sites for hydroxylation is 1. The van der Waals surface area contributed by atoms with E-state index in [2.05, 4.69) is 0 Å². The molecule has 0 saturated carbocycles. The molecule has 1 heterocycles. The number of benzene rings is 1. The van der Waals surface area contributed by atoms with E-state index in [1.807, 2.05) is 4.90 Å². The van der Waals surface area contributed by atoms with Gasteiger partial charge in [0.05, 0.1) is 0 Å². The topological polar surface area (TPSA) is 40.5 Å². The minimum absolute atomic E-state index is 0.233. The maximum Gasteiger partial charge on any atom is 0.320 e. The summed E-state index contributed by atoms with van der Waals surface area (Å²) in [7, 11) is 0. The highest BCUT2D eigenvalue weighted by atomic mass is 19.1. The Balaban J connectivity index is 2.02. The van der Waals surface area contributed by atoms with Gasteiger partial charge in [-0.15, -0.1) is 0 Å². The minimum Gasteiger partial charge on any atom is -0.480 e. The van der Waals surface area contributed by atoms with Gasteiger partial charge in [0.15, 0.2) is 0 Å². The van der Waals surface area contributed by atoms with E-state index < -0.39 is 23.6 Å². The quantitative estimate of drug-likeness (QED) is 0.892. The predicted octanol–water partition coefficient (Wildman–Crippen LogP) is 2.45. The van der Waals surface area contributed by atoms with Crippen LogP contribution in [0.25, 0.3) is 0 Å². The lowest BCUT2D eigenvalue weighted by Gasteiger charge is -2.23. The highest BCUT2D eigenvalue weighted by Gasteiger charge is 2.27. The van der Waals surface area contributed by atoms with Crippen molar-refractivity contribution >= 4 is 5.97 Å². The standard InChI is InChI=1S/C14H17F2NO2/c15-11-4-5-12(16)10(9-11)3-6-13(14(18)19)17-7-1-2-8-17/h4-5,9,13H,1-3,6-8H2,(H,18,19). The highest BCUT2D eigenvalue weighted by Crippen LogP contribution is 2.18. The molecule has 3 nitrogen and oxygen atoms in total. The molecule has 2 rings (SSSR count). The van der Waals surface area contributed by atoms with Crippen LogP contribution in [-0.4, -0.2) is 35.1 Å². The van der Waals surface area contributed by atoms with E-state index >= 15 is 0 Å². The molecule has 5 heteroatoms. The molecular weight excluding hydrogens is 252 g/mol. The van der Waals surface area contributed by atoms with Crippen molar-refractivity contribution in [1.29, 1.82) is 0 Å². The maximum absolute atomic E-state index is 13.5. The molecule has 1 aromatic rings. The summed E-state index contributed by atoms with van der Waals surface area (Å²) < 4.78 is 26.5. The molecule has 1 saturated heterocycles. The fourth-order valence-corrected chi connectivity index (χ4v) is 2.54. The van der Waals surface area contributed by atoms with Crippen molar-refractivity contribution in [3.8, 4) is 0 Å². The van der Waals surface area contributed by atoms with Crippen molar-refractivity contribution in [2.24, 2.45) is 0 Å². The van der Waals surface area contributed by atoms with Crippen LogP contribution in [-0.2, 0) is 11.2 Å². The lowest BCUT2D eigenvalue weighted by atomic mass is 10.0. The van der Waals surface area contributed by atoms with Gasteiger partial charge in [0.1, 0.15) is 17.7 Å². The third kappa shape index (κ3) is 3.50. The lowest BCUT2D eigenvalue weighted by molar-refractivity contribution is -0.143. The van der Waals surface area contributed by atoms with Crippen molar-refractivity contribution in [3.63, 3.8) is 0 Å². The van der Waals surface area contributed by atoms with Crippen LogP contribution in [0.2, 0.25) is 0 Å². The Morgan fingerprint density at radius 3 is 2.63 bits per heavy atom. The van der Waals surface area contributed by atoms with Crippen LogP contribution in [0, 0.1) is 11.6 Å². The van der Waals surface area contributed by atoms with Gasteiger partial charge in [0, 0.05) is 0 Å². The van der Waals surface area contributed by atoms with Crippen molar-refractivity contribution in [1.82, 2.24) is 4.90 Å². The number of rotatable bonds is 5. The molecule has 0 spiro atoms. The number of hydrogen-bond acceptors (Lipinski definition) is 2. The van der Waals surface area contributed by atoms with Gasteiger partial charge >= 0.3 is 5.97 Å². The van der Waals surface area contributed by atoms with E-state index in [1.165, 1.54) is 0 Å². The first-order valence-electron chi connectivity index (χ1n) is 6.48. The van der Waals surface area contributed by atoms with Crippen molar-refractivity contribution in [2.75, 3.05) is 13.1 Å². The number of halogens is 2. The predicted molar refractivity (Wildman–Crippen MR) is 66.9 cm³/mol. The minimum atomic E-state index is -0.890. The molecule has 1 aromatic carbocycles. The highest BCUT2D eigenvalue weighted by molar-refractivity contribution is 5.73. The van der Waals surface area contributed by atoms with Gasteiger partial charge < -0.3 is 5.11 Å². The number of likely N-dealkylation sites (tertiary alicyclic amines) is 1. The maximum atomic E-state index is 13.5. The first-order chi connectivity index (χ1) is 9.08. The molecule has 1 fully saturated rings. The summed E-state index contributed by atoms with van der Waals surface area (Å²) >= 11 is 0. The molecule has 1 atom stereocenters. The second-order valence-corrected chi connectivity index (χ2v) is 4.87. The monoisotopic (exact) mass is 269 g/mol. The summed E-state index contributed by atoms with van der Waals surface area (Å²) in [4.78, 5) is 13.2. The van der Waals surface area contributed by atoms with E-state index in [4.69, 9.17) is 0 Å². The second kappa shape index (κ2) is 6.10. The van der Waals surface area contributed by atoms with Crippen molar-refractivity contribution < 1.29 is 18.7 Å². The van der Waals surface area contributed by atoms with E-state index in [9.17, 15) is 18.7 Å². The smallest absolute Gasteiger partial charge is 0.320 e. The molecule has 1 aliphatic heterocycles. The zero-order chi connectivity index (χ0) is 13.8. The van der Waals surface area contributed by atoms with Crippen molar-refractivity contribution in [2.45, 2.75) is 31.7 Å². The molecule has 0 aliphatic carbocycles. The summed E-state index contributed by atoms with van der Waals surface area (Å²) in [5, 5.41) is 9.23. The Labute approximate surface area is 110 Å². The van der Waals surface area contributed by atoms with Crippen molar-refractivity contribution in [3.05, 3.63) is 35.4 Å². The molecular formula is C14H17F2NO2. The van der Waals surface area contributed by atoms with Crippen LogP contribution in [0.3, 0.4) is 0 Å². The second-order valence-electron chi connectivity index (χ2n) is 4.87. The molecule has 1 N–H and O–H groups in total.